The molecule has 0 bridgehead atoms. The summed E-state index contributed by atoms with van der Waals surface area (Å²) in [6, 6.07) is 0. The Bertz CT molecular complexity index is 379. The first-order chi connectivity index (χ1) is 7.64. The van der Waals surface area contributed by atoms with Crippen LogP contribution < -0.4 is 4.72 Å². The maximum atomic E-state index is 11.4. The van der Waals surface area contributed by atoms with E-state index in [1.807, 2.05) is 0 Å². The van der Waals surface area contributed by atoms with Crippen LogP contribution in [0, 0.1) is 0 Å². The molecule has 0 spiro atoms. The molecule has 2 N–H and O–H groups in total. The largest absolute Gasteiger partial charge is 0.263 e. The quantitative estimate of drug-likeness (QED) is 0.523. The van der Waals surface area contributed by atoms with Crippen LogP contribution in [0.1, 0.15) is 18.7 Å². The molecule has 0 unspecified atom stereocenters. The molecule has 92 valence electrons. The molecule has 8 heteroatoms. The minimum absolute atomic E-state index is 0.121. The van der Waals surface area contributed by atoms with Crippen molar-refractivity contribution in [2.75, 3.05) is 18.2 Å². The van der Waals surface area contributed by atoms with Crippen LogP contribution in [0.4, 0.5) is 0 Å². The van der Waals surface area contributed by atoms with Gasteiger partial charge in [-0.2, -0.15) is 5.10 Å². The van der Waals surface area contributed by atoms with Gasteiger partial charge in [-0.3, -0.25) is 5.10 Å². The molecular formula is C8H15ClN4O2S. The highest BCUT2D eigenvalue weighted by Crippen LogP contribution is 1.96. The van der Waals surface area contributed by atoms with Gasteiger partial charge >= 0.3 is 0 Å². The van der Waals surface area contributed by atoms with Crippen LogP contribution in [0.5, 0.6) is 0 Å². The normalized spacial score (nSPS) is 11.8. The van der Waals surface area contributed by atoms with Crippen molar-refractivity contribution in [1.29, 1.82) is 0 Å². The molecule has 1 heterocycles. The second-order valence-corrected chi connectivity index (χ2v) is 5.60. The summed E-state index contributed by atoms with van der Waals surface area (Å²) in [5.41, 5.74) is 0. The fourth-order valence-electron chi connectivity index (χ4n) is 1.13. The van der Waals surface area contributed by atoms with Gasteiger partial charge in [0.05, 0.1) is 5.75 Å². The van der Waals surface area contributed by atoms with Crippen LogP contribution in [0.15, 0.2) is 6.33 Å². The van der Waals surface area contributed by atoms with E-state index in [4.69, 9.17) is 11.6 Å². The highest BCUT2D eigenvalue weighted by molar-refractivity contribution is 7.89. The zero-order valence-corrected chi connectivity index (χ0v) is 10.4. The zero-order valence-electron chi connectivity index (χ0n) is 8.82. The van der Waals surface area contributed by atoms with E-state index in [1.165, 1.54) is 6.33 Å². The van der Waals surface area contributed by atoms with E-state index < -0.39 is 10.0 Å². The lowest BCUT2D eigenvalue weighted by molar-refractivity contribution is 0.577. The maximum Gasteiger partial charge on any atom is 0.211 e. The number of hydrogen-bond donors (Lipinski definition) is 2. The molecule has 0 saturated carbocycles. The van der Waals surface area contributed by atoms with Gasteiger partial charge < -0.3 is 0 Å². The number of aromatic amines is 1. The predicted molar refractivity (Wildman–Crippen MR) is 61.8 cm³/mol. The zero-order chi connectivity index (χ0) is 11.9. The van der Waals surface area contributed by atoms with E-state index in [0.717, 1.165) is 0 Å². The number of hydrogen-bond acceptors (Lipinski definition) is 4. The Balaban J connectivity index is 2.20. The second-order valence-electron chi connectivity index (χ2n) is 3.29. The number of halogens is 1. The van der Waals surface area contributed by atoms with Gasteiger partial charge in [-0.1, -0.05) is 0 Å². The van der Waals surface area contributed by atoms with Gasteiger partial charge in [0.1, 0.15) is 12.2 Å². The standard InChI is InChI=1S/C8H15ClN4O2S/c9-4-1-2-6-16(14,15)12-5-3-8-10-7-11-13-8/h7,12H,1-6H2,(H,10,11,13). The van der Waals surface area contributed by atoms with Gasteiger partial charge in [0.25, 0.3) is 0 Å². The predicted octanol–water partition coefficient (Wildman–Crippen LogP) is 0.286. The van der Waals surface area contributed by atoms with Crippen LogP contribution in [0.2, 0.25) is 0 Å². The number of aromatic nitrogens is 3. The van der Waals surface area contributed by atoms with Crippen LogP contribution in [-0.2, 0) is 16.4 Å². The fraction of sp³-hybridized carbons (Fsp3) is 0.750. The first-order valence-electron chi connectivity index (χ1n) is 5.01. The van der Waals surface area contributed by atoms with Crippen LogP contribution in [-0.4, -0.2) is 41.8 Å². The van der Waals surface area contributed by atoms with Gasteiger partial charge in [0.2, 0.25) is 10.0 Å². The maximum absolute atomic E-state index is 11.4. The Labute approximate surface area is 99.9 Å². The van der Waals surface area contributed by atoms with Crippen molar-refractivity contribution in [2.24, 2.45) is 0 Å². The molecule has 0 atom stereocenters. The summed E-state index contributed by atoms with van der Waals surface area (Å²) in [6.07, 6.45) is 3.20. The molecule has 1 aromatic rings. The summed E-state index contributed by atoms with van der Waals surface area (Å²) in [5, 5.41) is 6.33. The third kappa shape index (κ3) is 5.43. The number of alkyl halides is 1. The second kappa shape index (κ2) is 6.82. The number of nitrogens with one attached hydrogen (secondary N) is 2. The summed E-state index contributed by atoms with van der Waals surface area (Å²) in [5.74, 6) is 1.28. The SMILES string of the molecule is O=S(=O)(CCCCCl)NCCc1ncn[nH]1. The van der Waals surface area contributed by atoms with Crippen molar-refractivity contribution in [2.45, 2.75) is 19.3 Å². The van der Waals surface area contributed by atoms with Crippen molar-refractivity contribution in [1.82, 2.24) is 19.9 Å². The molecule has 0 aromatic carbocycles. The van der Waals surface area contributed by atoms with Crippen LogP contribution >= 0.6 is 11.6 Å². The molecule has 0 amide bonds. The number of sulfonamides is 1. The molecule has 0 aliphatic carbocycles. The molecule has 6 nitrogen and oxygen atoms in total. The Morgan fingerprint density at radius 3 is 2.88 bits per heavy atom. The molecule has 16 heavy (non-hydrogen) atoms. The lowest BCUT2D eigenvalue weighted by Gasteiger charge is -2.04. The van der Waals surface area contributed by atoms with Gasteiger partial charge in [-0.05, 0) is 12.8 Å². The summed E-state index contributed by atoms with van der Waals surface area (Å²) in [4.78, 5) is 3.89. The average molecular weight is 267 g/mol. The lowest BCUT2D eigenvalue weighted by Crippen LogP contribution is -2.28. The summed E-state index contributed by atoms with van der Waals surface area (Å²) in [6.45, 7) is 0.332. The minimum atomic E-state index is -3.18. The van der Waals surface area contributed by atoms with Gasteiger partial charge in [0.15, 0.2) is 0 Å². The van der Waals surface area contributed by atoms with E-state index in [9.17, 15) is 8.42 Å². The van der Waals surface area contributed by atoms with Crippen LogP contribution in [0.25, 0.3) is 0 Å². The van der Waals surface area contributed by atoms with Crippen molar-refractivity contribution < 1.29 is 8.42 Å². The smallest absolute Gasteiger partial charge is 0.211 e. The number of rotatable bonds is 8. The summed E-state index contributed by atoms with van der Waals surface area (Å²) in [7, 11) is -3.18. The first-order valence-corrected chi connectivity index (χ1v) is 7.20. The topological polar surface area (TPSA) is 87.7 Å². The van der Waals surface area contributed by atoms with Crippen molar-refractivity contribution in [3.05, 3.63) is 12.2 Å². The third-order valence-electron chi connectivity index (χ3n) is 1.95. The average Bonchev–Trinajstić information content (AvgIpc) is 2.70. The molecule has 1 rings (SSSR count). The van der Waals surface area contributed by atoms with E-state index >= 15 is 0 Å². The molecule has 0 aliphatic heterocycles. The highest BCUT2D eigenvalue weighted by Gasteiger charge is 2.09. The molecule has 0 saturated heterocycles. The van der Waals surface area contributed by atoms with E-state index in [0.29, 0.717) is 37.5 Å². The Kier molecular flexibility index (Phi) is 5.72. The first kappa shape index (κ1) is 13.4. The Hall–Kier alpha value is -0.660. The Morgan fingerprint density at radius 1 is 1.44 bits per heavy atom. The van der Waals surface area contributed by atoms with Crippen molar-refractivity contribution >= 4 is 21.6 Å². The van der Waals surface area contributed by atoms with Crippen molar-refractivity contribution in [3.63, 3.8) is 0 Å². The molecular weight excluding hydrogens is 252 g/mol. The van der Waals surface area contributed by atoms with Gasteiger partial charge in [-0.25, -0.2) is 18.1 Å². The number of H-pyrrole nitrogens is 1. The van der Waals surface area contributed by atoms with E-state index in [-0.39, 0.29) is 5.75 Å². The highest BCUT2D eigenvalue weighted by atomic mass is 35.5. The van der Waals surface area contributed by atoms with Crippen molar-refractivity contribution in [3.8, 4) is 0 Å². The monoisotopic (exact) mass is 266 g/mol. The Morgan fingerprint density at radius 2 is 2.25 bits per heavy atom. The summed E-state index contributed by atoms with van der Waals surface area (Å²) >= 11 is 5.47. The lowest BCUT2D eigenvalue weighted by atomic mass is 10.4. The fourth-order valence-corrected chi connectivity index (χ4v) is 2.47. The third-order valence-corrected chi connectivity index (χ3v) is 3.68. The van der Waals surface area contributed by atoms with Gasteiger partial charge in [0, 0.05) is 18.8 Å². The minimum Gasteiger partial charge on any atom is -0.263 e. The van der Waals surface area contributed by atoms with E-state index in [2.05, 4.69) is 19.9 Å². The van der Waals surface area contributed by atoms with Gasteiger partial charge in [-0.15, -0.1) is 11.6 Å². The molecule has 1 aromatic heterocycles. The molecule has 0 fully saturated rings. The number of unbranched alkanes of at least 4 members (excludes halogenated alkanes) is 1. The van der Waals surface area contributed by atoms with Crippen LogP contribution in [0.3, 0.4) is 0 Å². The summed E-state index contributed by atoms with van der Waals surface area (Å²) < 4.78 is 25.4. The molecule has 0 aliphatic rings. The molecule has 0 radical (unpaired) electrons. The van der Waals surface area contributed by atoms with E-state index in [1.54, 1.807) is 0 Å². The number of nitrogens with zero attached hydrogens (tertiary/aromatic N) is 2.